The highest BCUT2D eigenvalue weighted by Crippen LogP contribution is 2.43. The molecule has 11 nitrogen and oxygen atoms in total. The highest BCUT2D eigenvalue weighted by atomic mass is 35.5. The van der Waals surface area contributed by atoms with E-state index in [1.54, 1.807) is 26.6 Å². The predicted octanol–water partition coefficient (Wildman–Crippen LogP) is 6.33. The molecular weight excluding hydrogens is 679 g/mol. The third kappa shape index (κ3) is 6.74. The van der Waals surface area contributed by atoms with Crippen LogP contribution in [0.15, 0.2) is 48.8 Å². The maximum atomic E-state index is 12.4. The topological polar surface area (TPSA) is 129 Å². The number of likely N-dealkylation sites (tertiary alicyclic amines) is 1. The molecule has 5 heterocycles. The molecule has 0 bridgehead atoms. The first-order valence-corrected chi connectivity index (χ1v) is 17.6. The molecule has 50 heavy (non-hydrogen) atoms. The number of ether oxygens (including phenoxy) is 3. The number of methoxy groups -OCH3 is 2. The van der Waals surface area contributed by atoms with Gasteiger partial charge in [0.25, 0.3) is 0 Å². The van der Waals surface area contributed by atoms with Crippen molar-refractivity contribution in [1.82, 2.24) is 30.2 Å². The van der Waals surface area contributed by atoms with E-state index in [1.165, 1.54) is 0 Å². The van der Waals surface area contributed by atoms with Crippen molar-refractivity contribution < 1.29 is 23.8 Å². The first-order chi connectivity index (χ1) is 24.3. The molecule has 1 unspecified atom stereocenters. The van der Waals surface area contributed by atoms with Crippen LogP contribution in [0.3, 0.4) is 0 Å². The van der Waals surface area contributed by atoms with Gasteiger partial charge < -0.3 is 19.5 Å². The SMILES string of the molecule is COc1nc(-c2cccc(-c3cccc(-c4cnc(CN5CCC6(CCOC6=O)C5)c(OC)n4)c3Cl)c2Cl)cnc1CCC[C@@H]1CCC(=O)N1. The fraction of sp³-hybridized carbons (Fsp3) is 0.405. The van der Waals surface area contributed by atoms with Gasteiger partial charge in [0.1, 0.15) is 11.4 Å². The predicted molar refractivity (Wildman–Crippen MR) is 189 cm³/mol. The number of amides is 1. The van der Waals surface area contributed by atoms with Gasteiger partial charge in [0.2, 0.25) is 17.7 Å². The minimum Gasteiger partial charge on any atom is -0.480 e. The van der Waals surface area contributed by atoms with Crippen molar-refractivity contribution in [3.63, 3.8) is 0 Å². The van der Waals surface area contributed by atoms with Gasteiger partial charge in [-0.15, -0.1) is 0 Å². The minimum atomic E-state index is -0.411. The molecule has 3 saturated heterocycles. The zero-order valence-electron chi connectivity index (χ0n) is 28.0. The third-order valence-corrected chi connectivity index (χ3v) is 10.8. The number of carbonyl (C=O) groups excluding carboxylic acids is 2. The van der Waals surface area contributed by atoms with Gasteiger partial charge in [-0.3, -0.25) is 24.5 Å². The summed E-state index contributed by atoms with van der Waals surface area (Å²) in [6.45, 7) is 2.41. The molecule has 0 radical (unpaired) electrons. The molecule has 7 rings (SSSR count). The Balaban J connectivity index is 1.11. The molecule has 260 valence electrons. The van der Waals surface area contributed by atoms with Gasteiger partial charge in [-0.05, 0) is 45.1 Å². The molecular formula is C37H38Cl2N6O5. The summed E-state index contributed by atoms with van der Waals surface area (Å²) in [6, 6.07) is 11.6. The Morgan fingerprint density at radius 1 is 0.900 bits per heavy atom. The number of hydrogen-bond donors (Lipinski definition) is 1. The molecule has 1 N–H and O–H groups in total. The average Bonchev–Trinajstić information content (AvgIpc) is 3.85. The van der Waals surface area contributed by atoms with Crippen molar-refractivity contribution in [1.29, 1.82) is 0 Å². The van der Waals surface area contributed by atoms with E-state index >= 15 is 0 Å². The van der Waals surface area contributed by atoms with E-state index in [-0.39, 0.29) is 17.9 Å². The van der Waals surface area contributed by atoms with Crippen LogP contribution in [0.2, 0.25) is 10.0 Å². The molecule has 0 aliphatic carbocycles. The Kier molecular flexibility index (Phi) is 9.90. The van der Waals surface area contributed by atoms with Crippen LogP contribution in [0, 0.1) is 5.41 Å². The van der Waals surface area contributed by atoms with Gasteiger partial charge in [0, 0.05) is 47.8 Å². The maximum absolute atomic E-state index is 12.4. The Morgan fingerprint density at radius 3 is 2.10 bits per heavy atom. The van der Waals surface area contributed by atoms with E-state index in [4.69, 9.17) is 52.4 Å². The molecule has 1 amide bonds. The number of cyclic esters (lactones) is 1. The van der Waals surface area contributed by atoms with Crippen LogP contribution in [-0.4, -0.2) is 76.7 Å². The van der Waals surface area contributed by atoms with Crippen LogP contribution in [0.25, 0.3) is 33.6 Å². The number of halogens is 2. The van der Waals surface area contributed by atoms with Crippen molar-refractivity contribution in [3.05, 3.63) is 70.2 Å². The largest absolute Gasteiger partial charge is 0.480 e. The highest BCUT2D eigenvalue weighted by molar-refractivity contribution is 6.39. The Labute approximate surface area is 300 Å². The monoisotopic (exact) mass is 716 g/mol. The van der Waals surface area contributed by atoms with Crippen molar-refractivity contribution in [2.24, 2.45) is 5.41 Å². The number of aryl methyl sites for hydroxylation is 1. The van der Waals surface area contributed by atoms with E-state index in [2.05, 4.69) is 15.2 Å². The lowest BCUT2D eigenvalue weighted by atomic mass is 9.86. The van der Waals surface area contributed by atoms with Crippen molar-refractivity contribution in [2.75, 3.05) is 33.9 Å². The second kappa shape index (κ2) is 14.5. The van der Waals surface area contributed by atoms with Crippen LogP contribution in [0.1, 0.15) is 49.9 Å². The van der Waals surface area contributed by atoms with Crippen molar-refractivity contribution in [2.45, 2.75) is 57.5 Å². The number of aromatic nitrogens is 4. The Bertz CT molecular complexity index is 1940. The fourth-order valence-corrected chi connectivity index (χ4v) is 7.87. The molecule has 13 heteroatoms. The Hall–Kier alpha value is -4.32. The van der Waals surface area contributed by atoms with Crippen molar-refractivity contribution >= 4 is 35.1 Å². The summed E-state index contributed by atoms with van der Waals surface area (Å²) < 4.78 is 16.6. The molecule has 3 aliphatic heterocycles. The number of esters is 1. The normalized spacial score (nSPS) is 20.4. The lowest BCUT2D eigenvalue weighted by Crippen LogP contribution is -2.31. The lowest BCUT2D eigenvalue weighted by molar-refractivity contribution is -0.145. The van der Waals surface area contributed by atoms with Crippen LogP contribution in [-0.2, 0) is 27.3 Å². The van der Waals surface area contributed by atoms with Gasteiger partial charge in [0.15, 0.2) is 0 Å². The van der Waals surface area contributed by atoms with Gasteiger partial charge in [0.05, 0.1) is 60.1 Å². The summed E-state index contributed by atoms with van der Waals surface area (Å²) in [5.74, 6) is 0.869. The number of nitrogens with one attached hydrogen (secondary N) is 1. The number of hydrogen-bond acceptors (Lipinski definition) is 10. The number of nitrogens with zero attached hydrogens (tertiary/aromatic N) is 5. The molecule has 2 aromatic carbocycles. The number of benzene rings is 2. The van der Waals surface area contributed by atoms with E-state index in [0.29, 0.717) is 82.6 Å². The summed E-state index contributed by atoms with van der Waals surface area (Å²) in [4.78, 5) is 45.1. The van der Waals surface area contributed by atoms with Gasteiger partial charge in [-0.1, -0.05) is 59.6 Å². The Morgan fingerprint density at radius 2 is 1.52 bits per heavy atom. The number of rotatable bonds is 11. The minimum absolute atomic E-state index is 0.0987. The second-order valence-corrected chi connectivity index (χ2v) is 13.8. The van der Waals surface area contributed by atoms with Gasteiger partial charge in [-0.2, -0.15) is 0 Å². The fourth-order valence-electron chi connectivity index (χ4n) is 7.22. The molecule has 1 spiro atoms. The van der Waals surface area contributed by atoms with E-state index < -0.39 is 5.41 Å². The molecule has 3 aliphatic rings. The third-order valence-electron chi connectivity index (χ3n) is 9.95. The molecule has 4 aromatic rings. The quantitative estimate of drug-likeness (QED) is 0.176. The van der Waals surface area contributed by atoms with Crippen LogP contribution in [0.4, 0.5) is 0 Å². The summed E-state index contributed by atoms with van der Waals surface area (Å²) in [5.41, 5.74) is 4.99. The van der Waals surface area contributed by atoms with Crippen LogP contribution >= 0.6 is 23.2 Å². The van der Waals surface area contributed by atoms with E-state index in [1.807, 2.05) is 36.4 Å². The van der Waals surface area contributed by atoms with Gasteiger partial charge >= 0.3 is 5.97 Å². The molecule has 2 aromatic heterocycles. The first-order valence-electron chi connectivity index (χ1n) is 16.9. The standard InChI is InChI=1S/C37H38Cl2N6O5/c1-48-34-27(11-3-6-22-12-13-31(46)42-22)40-18-28(43-34)25-9-4-7-23(32(25)38)24-8-5-10-26(33(24)39)29-19-41-30(35(44-29)49-2)20-45-16-14-37(21-45)15-17-50-36(37)47/h4-5,7-10,18-19,22H,3,6,11-17,20-21H2,1-2H3,(H,42,46)/t22-,37?/m1/s1. The lowest BCUT2D eigenvalue weighted by Gasteiger charge is -2.20. The summed E-state index contributed by atoms with van der Waals surface area (Å²) in [5, 5.41) is 3.95. The molecule has 2 atom stereocenters. The zero-order valence-corrected chi connectivity index (χ0v) is 29.5. The average molecular weight is 718 g/mol. The van der Waals surface area contributed by atoms with Gasteiger partial charge in [-0.25, -0.2) is 9.97 Å². The summed E-state index contributed by atoms with van der Waals surface area (Å²) in [7, 11) is 3.15. The van der Waals surface area contributed by atoms with Crippen molar-refractivity contribution in [3.8, 4) is 45.4 Å². The molecule has 3 fully saturated rings. The second-order valence-electron chi connectivity index (χ2n) is 13.1. The van der Waals surface area contributed by atoms with Crippen LogP contribution in [0.5, 0.6) is 11.8 Å². The van der Waals surface area contributed by atoms with Crippen LogP contribution < -0.4 is 14.8 Å². The maximum Gasteiger partial charge on any atom is 0.313 e. The van der Waals surface area contributed by atoms with E-state index in [0.717, 1.165) is 55.5 Å². The first kappa shape index (κ1) is 34.1. The smallest absolute Gasteiger partial charge is 0.313 e. The summed E-state index contributed by atoms with van der Waals surface area (Å²) >= 11 is 14.2. The number of carbonyl (C=O) groups is 2. The van der Waals surface area contributed by atoms with E-state index in [9.17, 15) is 9.59 Å². The zero-order chi connectivity index (χ0) is 34.8. The summed E-state index contributed by atoms with van der Waals surface area (Å²) in [6.07, 6.45) is 8.83. The molecule has 0 saturated carbocycles. The highest BCUT2D eigenvalue weighted by Gasteiger charge is 2.49.